The fourth-order valence-electron chi connectivity index (χ4n) is 2.23. The van der Waals surface area contributed by atoms with Crippen LogP contribution >= 0.6 is 0 Å². The highest BCUT2D eigenvalue weighted by Gasteiger charge is 2.19. The van der Waals surface area contributed by atoms with Crippen LogP contribution in [0.5, 0.6) is 0 Å². The van der Waals surface area contributed by atoms with Gasteiger partial charge in [0.15, 0.2) is 0 Å². The predicted molar refractivity (Wildman–Crippen MR) is 61.6 cm³/mol. The van der Waals surface area contributed by atoms with Crippen LogP contribution in [0.25, 0.3) is 0 Å². The molecule has 1 unspecified atom stereocenters. The van der Waals surface area contributed by atoms with E-state index in [0.29, 0.717) is 6.04 Å². The Bertz CT molecular complexity index is 280. The standard InChI is InChI=1S/C13H19NO/c1-15-13(11-7-3-2-4-8-11)14-12-9-5-6-10-12/h2-4,7-8,12-14H,5-6,9-10H2,1H3. The van der Waals surface area contributed by atoms with Crippen LogP contribution in [0.15, 0.2) is 30.3 Å². The second-order valence-electron chi connectivity index (χ2n) is 4.17. The summed E-state index contributed by atoms with van der Waals surface area (Å²) < 4.78 is 5.49. The Morgan fingerprint density at radius 2 is 1.87 bits per heavy atom. The third-order valence-corrected chi connectivity index (χ3v) is 3.08. The van der Waals surface area contributed by atoms with E-state index in [4.69, 9.17) is 4.74 Å². The molecule has 1 aliphatic carbocycles. The molecule has 0 heterocycles. The highest BCUT2D eigenvalue weighted by molar-refractivity contribution is 5.17. The third kappa shape index (κ3) is 2.80. The zero-order valence-electron chi connectivity index (χ0n) is 9.28. The van der Waals surface area contributed by atoms with Gasteiger partial charge in [-0.15, -0.1) is 0 Å². The Hall–Kier alpha value is -0.860. The molecular weight excluding hydrogens is 186 g/mol. The van der Waals surface area contributed by atoms with Gasteiger partial charge in [0.1, 0.15) is 6.23 Å². The maximum absolute atomic E-state index is 5.49. The molecule has 0 spiro atoms. The number of rotatable bonds is 4. The topological polar surface area (TPSA) is 21.3 Å². The maximum atomic E-state index is 5.49. The van der Waals surface area contributed by atoms with Gasteiger partial charge < -0.3 is 4.74 Å². The molecule has 1 fully saturated rings. The van der Waals surface area contributed by atoms with Crippen molar-refractivity contribution < 1.29 is 4.74 Å². The lowest BCUT2D eigenvalue weighted by molar-refractivity contribution is 0.0632. The van der Waals surface area contributed by atoms with Gasteiger partial charge in [0, 0.05) is 13.2 Å². The summed E-state index contributed by atoms with van der Waals surface area (Å²) in [7, 11) is 1.76. The van der Waals surface area contributed by atoms with Gasteiger partial charge in [0.05, 0.1) is 0 Å². The fourth-order valence-corrected chi connectivity index (χ4v) is 2.23. The highest BCUT2D eigenvalue weighted by atomic mass is 16.5. The third-order valence-electron chi connectivity index (χ3n) is 3.08. The van der Waals surface area contributed by atoms with Crippen LogP contribution in [0.3, 0.4) is 0 Å². The molecular formula is C13H19NO. The van der Waals surface area contributed by atoms with Crippen molar-refractivity contribution in [2.75, 3.05) is 7.11 Å². The van der Waals surface area contributed by atoms with Gasteiger partial charge in [-0.1, -0.05) is 43.2 Å². The number of benzene rings is 1. The van der Waals surface area contributed by atoms with Crippen LogP contribution < -0.4 is 5.32 Å². The van der Waals surface area contributed by atoms with Crippen molar-refractivity contribution in [3.8, 4) is 0 Å². The summed E-state index contributed by atoms with van der Waals surface area (Å²) in [6.07, 6.45) is 5.32. The molecule has 2 rings (SSSR count). The van der Waals surface area contributed by atoms with Crippen molar-refractivity contribution >= 4 is 0 Å². The molecule has 1 aromatic carbocycles. The van der Waals surface area contributed by atoms with Crippen molar-refractivity contribution in [1.82, 2.24) is 5.32 Å². The molecule has 15 heavy (non-hydrogen) atoms. The first-order valence-electron chi connectivity index (χ1n) is 5.74. The average molecular weight is 205 g/mol. The van der Waals surface area contributed by atoms with Crippen molar-refractivity contribution in [2.45, 2.75) is 38.0 Å². The summed E-state index contributed by atoms with van der Waals surface area (Å²) in [6, 6.07) is 11.0. The Kier molecular flexibility index (Phi) is 3.75. The molecule has 0 bridgehead atoms. The number of nitrogens with one attached hydrogen (secondary N) is 1. The molecule has 0 saturated heterocycles. The Balaban J connectivity index is 1.97. The summed E-state index contributed by atoms with van der Waals surface area (Å²) in [4.78, 5) is 0. The lowest BCUT2D eigenvalue weighted by Gasteiger charge is -2.21. The smallest absolute Gasteiger partial charge is 0.134 e. The summed E-state index contributed by atoms with van der Waals surface area (Å²) in [5, 5.41) is 3.56. The number of ether oxygens (including phenoxy) is 1. The number of hydrogen-bond acceptors (Lipinski definition) is 2. The quantitative estimate of drug-likeness (QED) is 0.763. The van der Waals surface area contributed by atoms with Crippen molar-refractivity contribution in [1.29, 1.82) is 0 Å². The second kappa shape index (κ2) is 5.29. The van der Waals surface area contributed by atoms with E-state index >= 15 is 0 Å². The van der Waals surface area contributed by atoms with Gasteiger partial charge in [-0.3, -0.25) is 5.32 Å². The zero-order valence-corrected chi connectivity index (χ0v) is 9.28. The van der Waals surface area contributed by atoms with Crippen LogP contribution in [-0.2, 0) is 4.74 Å². The van der Waals surface area contributed by atoms with Gasteiger partial charge in [-0.25, -0.2) is 0 Å². The first-order valence-corrected chi connectivity index (χ1v) is 5.74. The van der Waals surface area contributed by atoms with Crippen molar-refractivity contribution in [3.63, 3.8) is 0 Å². The maximum Gasteiger partial charge on any atom is 0.134 e. The molecule has 82 valence electrons. The van der Waals surface area contributed by atoms with Crippen LogP contribution in [0.2, 0.25) is 0 Å². The molecule has 1 N–H and O–H groups in total. The first kappa shape index (κ1) is 10.7. The molecule has 0 aromatic heterocycles. The van der Waals surface area contributed by atoms with Gasteiger partial charge in [-0.2, -0.15) is 0 Å². The van der Waals surface area contributed by atoms with Gasteiger partial charge >= 0.3 is 0 Å². The molecule has 0 amide bonds. The van der Waals surface area contributed by atoms with E-state index in [9.17, 15) is 0 Å². The van der Waals surface area contributed by atoms with E-state index in [2.05, 4.69) is 29.6 Å². The lowest BCUT2D eigenvalue weighted by Crippen LogP contribution is -2.31. The van der Waals surface area contributed by atoms with Crippen molar-refractivity contribution in [3.05, 3.63) is 35.9 Å². The summed E-state index contributed by atoms with van der Waals surface area (Å²) in [6.45, 7) is 0. The lowest BCUT2D eigenvalue weighted by atomic mass is 10.1. The van der Waals surface area contributed by atoms with Crippen LogP contribution in [-0.4, -0.2) is 13.2 Å². The molecule has 0 radical (unpaired) electrons. The predicted octanol–water partition coefficient (Wildman–Crippen LogP) is 2.86. The molecule has 2 nitrogen and oxygen atoms in total. The SMILES string of the molecule is COC(NC1CCCC1)c1ccccc1. The molecule has 2 heteroatoms. The zero-order chi connectivity index (χ0) is 10.5. The van der Waals surface area contributed by atoms with E-state index in [1.807, 2.05) is 6.07 Å². The highest BCUT2D eigenvalue weighted by Crippen LogP contribution is 2.22. The minimum atomic E-state index is 0.0503. The molecule has 1 aromatic rings. The second-order valence-corrected chi connectivity index (χ2v) is 4.17. The molecule has 1 aliphatic rings. The Labute approximate surface area is 91.6 Å². The molecule has 0 aliphatic heterocycles. The largest absolute Gasteiger partial charge is 0.362 e. The monoisotopic (exact) mass is 205 g/mol. The van der Waals surface area contributed by atoms with E-state index in [-0.39, 0.29) is 6.23 Å². The minimum absolute atomic E-state index is 0.0503. The Morgan fingerprint density at radius 1 is 1.20 bits per heavy atom. The molecule has 1 atom stereocenters. The minimum Gasteiger partial charge on any atom is -0.362 e. The van der Waals surface area contributed by atoms with Crippen molar-refractivity contribution in [2.24, 2.45) is 0 Å². The van der Waals surface area contributed by atoms with E-state index in [1.165, 1.54) is 31.2 Å². The van der Waals surface area contributed by atoms with E-state index in [1.54, 1.807) is 7.11 Å². The summed E-state index contributed by atoms with van der Waals surface area (Å²) in [5.41, 5.74) is 1.21. The summed E-state index contributed by atoms with van der Waals surface area (Å²) in [5.74, 6) is 0. The van der Waals surface area contributed by atoms with Crippen LogP contribution in [0.4, 0.5) is 0 Å². The van der Waals surface area contributed by atoms with Crippen LogP contribution in [0.1, 0.15) is 37.5 Å². The Morgan fingerprint density at radius 3 is 2.47 bits per heavy atom. The van der Waals surface area contributed by atoms with Gasteiger partial charge in [0.2, 0.25) is 0 Å². The first-order chi connectivity index (χ1) is 7.40. The number of methoxy groups -OCH3 is 1. The normalized spacial score (nSPS) is 19.3. The van der Waals surface area contributed by atoms with Gasteiger partial charge in [0.25, 0.3) is 0 Å². The summed E-state index contributed by atoms with van der Waals surface area (Å²) >= 11 is 0. The average Bonchev–Trinajstić information content (AvgIpc) is 2.80. The van der Waals surface area contributed by atoms with Gasteiger partial charge in [-0.05, 0) is 18.4 Å². The van der Waals surface area contributed by atoms with Crippen LogP contribution in [0, 0.1) is 0 Å². The van der Waals surface area contributed by atoms with E-state index < -0.39 is 0 Å². The van der Waals surface area contributed by atoms with E-state index in [0.717, 1.165) is 0 Å². The molecule has 1 saturated carbocycles. The number of hydrogen-bond donors (Lipinski definition) is 1. The fraction of sp³-hybridized carbons (Fsp3) is 0.538.